The van der Waals surface area contributed by atoms with Gasteiger partial charge in [-0.1, -0.05) is 48.5 Å². The molecule has 4 N–H and O–H groups in total. The van der Waals surface area contributed by atoms with Crippen LogP contribution < -0.4 is 0 Å². The van der Waals surface area contributed by atoms with E-state index < -0.39 is 0 Å². The molecule has 4 nitrogen and oxygen atoms in total. The van der Waals surface area contributed by atoms with Gasteiger partial charge in [0.1, 0.15) is 23.0 Å². The van der Waals surface area contributed by atoms with E-state index in [2.05, 4.69) is 48.5 Å². The minimum absolute atomic E-state index is 0.321. The first kappa shape index (κ1) is 29.6. The zero-order valence-corrected chi connectivity index (χ0v) is 26.2. The molecule has 5 rings (SSSR count). The van der Waals surface area contributed by atoms with E-state index in [0.29, 0.717) is 23.0 Å². The lowest BCUT2D eigenvalue weighted by Crippen LogP contribution is -2.41. The third-order valence-corrected chi connectivity index (χ3v) is 10.1. The molecule has 0 spiro atoms. The summed E-state index contributed by atoms with van der Waals surface area (Å²) in [5.41, 5.74) is 11.0. The summed E-state index contributed by atoms with van der Waals surface area (Å²) in [7, 11) is 0. The van der Waals surface area contributed by atoms with Crippen LogP contribution in [0.4, 0.5) is 0 Å². The Balaban J connectivity index is 1.75. The lowest BCUT2D eigenvalue weighted by Gasteiger charge is -2.49. The number of aryl methyl sites for hydroxylation is 8. The molecule has 1 aliphatic carbocycles. The van der Waals surface area contributed by atoms with Crippen LogP contribution in [0.2, 0.25) is 0 Å². The molecule has 0 amide bonds. The SMILES string of the molecule is Cc1cc(C2(c3cc(C)c(O)c(C)c3)CCC(c3cc(C)c(O)c(C)c3)(c3cc(C)c(O)c(C)c3)CC2)cc(C)c1O. The third-order valence-electron chi connectivity index (χ3n) is 10.1. The first-order valence-electron chi connectivity index (χ1n) is 14.9. The zero-order chi connectivity index (χ0) is 30.7. The quantitative estimate of drug-likeness (QED) is 0.200. The number of hydrogen-bond acceptors (Lipinski definition) is 4. The molecular formula is C38H44O4. The first-order valence-corrected chi connectivity index (χ1v) is 14.9. The summed E-state index contributed by atoms with van der Waals surface area (Å²) in [6.07, 6.45) is 3.38. The summed E-state index contributed by atoms with van der Waals surface area (Å²) in [5, 5.41) is 42.7. The molecule has 0 unspecified atom stereocenters. The molecule has 0 aliphatic heterocycles. The van der Waals surface area contributed by atoms with E-state index in [-0.39, 0.29) is 10.8 Å². The average Bonchev–Trinajstić information content (AvgIpc) is 2.95. The molecule has 1 fully saturated rings. The summed E-state index contributed by atoms with van der Waals surface area (Å²) >= 11 is 0. The molecule has 42 heavy (non-hydrogen) atoms. The molecule has 0 heterocycles. The topological polar surface area (TPSA) is 80.9 Å². The van der Waals surface area contributed by atoms with Gasteiger partial charge in [-0.05, 0) is 148 Å². The van der Waals surface area contributed by atoms with Crippen molar-refractivity contribution in [2.75, 3.05) is 0 Å². The number of rotatable bonds is 4. The molecule has 0 radical (unpaired) electrons. The molecular weight excluding hydrogens is 520 g/mol. The van der Waals surface area contributed by atoms with Gasteiger partial charge in [0, 0.05) is 10.8 Å². The van der Waals surface area contributed by atoms with Crippen molar-refractivity contribution in [1.82, 2.24) is 0 Å². The van der Waals surface area contributed by atoms with Gasteiger partial charge in [0.2, 0.25) is 0 Å². The molecule has 4 aromatic carbocycles. The second kappa shape index (κ2) is 10.4. The van der Waals surface area contributed by atoms with Crippen molar-refractivity contribution in [3.8, 4) is 23.0 Å². The van der Waals surface area contributed by atoms with Gasteiger partial charge in [-0.25, -0.2) is 0 Å². The fourth-order valence-electron chi connectivity index (χ4n) is 7.52. The molecule has 1 saturated carbocycles. The minimum atomic E-state index is -0.321. The third kappa shape index (κ3) is 4.62. The van der Waals surface area contributed by atoms with E-state index in [9.17, 15) is 20.4 Å². The van der Waals surface area contributed by atoms with Crippen LogP contribution in [-0.2, 0) is 10.8 Å². The highest BCUT2D eigenvalue weighted by Crippen LogP contribution is 2.56. The molecule has 4 heteroatoms. The Hall–Kier alpha value is -3.92. The van der Waals surface area contributed by atoms with E-state index >= 15 is 0 Å². The number of phenolic OH excluding ortho intramolecular Hbond substituents is 4. The molecule has 220 valence electrons. The van der Waals surface area contributed by atoms with Crippen LogP contribution in [0.5, 0.6) is 23.0 Å². The van der Waals surface area contributed by atoms with E-state index in [4.69, 9.17) is 0 Å². The van der Waals surface area contributed by atoms with E-state index in [1.54, 1.807) is 0 Å². The van der Waals surface area contributed by atoms with Crippen LogP contribution in [0, 0.1) is 55.4 Å². The van der Waals surface area contributed by atoms with Crippen molar-refractivity contribution in [2.24, 2.45) is 0 Å². The second-order valence-corrected chi connectivity index (χ2v) is 13.0. The van der Waals surface area contributed by atoms with E-state index in [0.717, 1.165) is 70.2 Å². The van der Waals surface area contributed by atoms with Crippen LogP contribution in [-0.4, -0.2) is 20.4 Å². The van der Waals surface area contributed by atoms with Gasteiger partial charge in [-0.2, -0.15) is 0 Å². The van der Waals surface area contributed by atoms with Crippen LogP contribution >= 0.6 is 0 Å². The number of phenols is 4. The van der Waals surface area contributed by atoms with Crippen LogP contribution in [0.1, 0.15) is 92.4 Å². The summed E-state index contributed by atoms with van der Waals surface area (Å²) in [5.74, 6) is 1.34. The second-order valence-electron chi connectivity index (χ2n) is 13.0. The van der Waals surface area contributed by atoms with E-state index in [1.165, 1.54) is 22.3 Å². The van der Waals surface area contributed by atoms with Crippen LogP contribution in [0.15, 0.2) is 48.5 Å². The van der Waals surface area contributed by atoms with E-state index in [1.807, 2.05) is 55.4 Å². The summed E-state index contributed by atoms with van der Waals surface area (Å²) in [6.45, 7) is 15.7. The molecule has 0 bridgehead atoms. The normalized spacial score (nSPS) is 16.0. The van der Waals surface area contributed by atoms with Gasteiger partial charge in [0.25, 0.3) is 0 Å². The van der Waals surface area contributed by atoms with Crippen molar-refractivity contribution in [1.29, 1.82) is 0 Å². The lowest BCUT2D eigenvalue weighted by molar-refractivity contribution is 0.255. The van der Waals surface area contributed by atoms with Gasteiger partial charge >= 0.3 is 0 Å². The molecule has 0 atom stereocenters. The maximum atomic E-state index is 10.7. The average molecular weight is 565 g/mol. The number of benzene rings is 4. The Morgan fingerprint density at radius 1 is 0.333 bits per heavy atom. The standard InChI is InChI=1S/C38H44O4/c1-21-13-29(14-22(2)33(21)39)37(30-15-23(3)34(40)24(4)16-30)9-11-38(12-10-37,31-17-25(5)35(41)26(6)18-31)32-19-27(7)36(42)28(8)20-32/h13-20,39-42H,9-12H2,1-8H3. The Bertz CT molecular complexity index is 1360. The van der Waals surface area contributed by atoms with Gasteiger partial charge in [0.15, 0.2) is 0 Å². The lowest BCUT2D eigenvalue weighted by atomic mass is 9.54. The van der Waals surface area contributed by atoms with Gasteiger partial charge in [-0.15, -0.1) is 0 Å². The summed E-state index contributed by atoms with van der Waals surface area (Å²) in [4.78, 5) is 0. The maximum absolute atomic E-state index is 10.7. The van der Waals surface area contributed by atoms with Crippen molar-refractivity contribution in [3.05, 3.63) is 115 Å². The van der Waals surface area contributed by atoms with Gasteiger partial charge in [0.05, 0.1) is 0 Å². The Morgan fingerprint density at radius 2 is 0.476 bits per heavy atom. The Morgan fingerprint density at radius 3 is 0.619 bits per heavy atom. The minimum Gasteiger partial charge on any atom is -0.507 e. The molecule has 0 aromatic heterocycles. The molecule has 4 aromatic rings. The summed E-state index contributed by atoms with van der Waals surface area (Å²) in [6, 6.07) is 17.1. The highest BCUT2D eigenvalue weighted by atomic mass is 16.3. The van der Waals surface area contributed by atoms with Gasteiger partial charge in [-0.3, -0.25) is 0 Å². The fraction of sp³-hybridized carbons (Fsp3) is 0.368. The smallest absolute Gasteiger partial charge is 0.121 e. The van der Waals surface area contributed by atoms with Crippen LogP contribution in [0.25, 0.3) is 0 Å². The van der Waals surface area contributed by atoms with Crippen molar-refractivity contribution in [3.63, 3.8) is 0 Å². The first-order chi connectivity index (χ1) is 19.7. The zero-order valence-electron chi connectivity index (χ0n) is 26.2. The predicted molar refractivity (Wildman–Crippen MR) is 170 cm³/mol. The van der Waals surface area contributed by atoms with Crippen molar-refractivity contribution >= 4 is 0 Å². The van der Waals surface area contributed by atoms with Gasteiger partial charge < -0.3 is 20.4 Å². The number of aromatic hydroxyl groups is 4. The molecule has 0 saturated heterocycles. The Labute approximate surface area is 250 Å². The monoisotopic (exact) mass is 564 g/mol. The highest BCUT2D eigenvalue weighted by Gasteiger charge is 2.47. The number of hydrogen-bond donors (Lipinski definition) is 4. The maximum Gasteiger partial charge on any atom is 0.121 e. The Kier molecular flexibility index (Phi) is 7.33. The van der Waals surface area contributed by atoms with Crippen molar-refractivity contribution < 1.29 is 20.4 Å². The predicted octanol–water partition coefficient (Wildman–Crippen LogP) is 8.82. The summed E-state index contributed by atoms with van der Waals surface area (Å²) < 4.78 is 0. The largest absolute Gasteiger partial charge is 0.507 e. The van der Waals surface area contributed by atoms with Crippen molar-refractivity contribution in [2.45, 2.75) is 91.9 Å². The highest BCUT2D eigenvalue weighted by molar-refractivity contribution is 5.56. The molecule has 1 aliphatic rings. The van der Waals surface area contributed by atoms with Crippen LogP contribution in [0.3, 0.4) is 0 Å². The fourth-order valence-corrected chi connectivity index (χ4v) is 7.52.